The highest BCUT2D eigenvalue weighted by Gasteiger charge is 2.31. The van der Waals surface area contributed by atoms with Crippen molar-refractivity contribution >= 4 is 28.8 Å². The van der Waals surface area contributed by atoms with E-state index in [1.807, 2.05) is 24.3 Å². The summed E-state index contributed by atoms with van der Waals surface area (Å²) in [5.74, 6) is -1.58. The lowest BCUT2D eigenvalue weighted by molar-refractivity contribution is -0.137. The van der Waals surface area contributed by atoms with E-state index in [0.717, 1.165) is 44.2 Å². The quantitative estimate of drug-likeness (QED) is 0.329. The van der Waals surface area contributed by atoms with Crippen molar-refractivity contribution in [2.75, 3.05) is 0 Å². The van der Waals surface area contributed by atoms with Gasteiger partial charge in [0.2, 0.25) is 11.8 Å². The second kappa shape index (κ2) is 10.5. The first kappa shape index (κ1) is 23.5. The standard InChI is InChI=1S/C24H29N5O5/c30-21-11-10-20(23(33)26-21)29-19-9-5-4-8-18(19)28(24(29)34)13-7-3-1-2-6-12-27-16-17(15-25-27)14-22(31)32/h4-5,8-9,15-16,20H,1-3,6-7,10-14H2,(H,31,32)(H,26,30,33). The smallest absolute Gasteiger partial charge is 0.329 e. The largest absolute Gasteiger partial charge is 0.481 e. The van der Waals surface area contributed by atoms with Crippen LogP contribution in [0.4, 0.5) is 0 Å². The number of para-hydroxylation sites is 2. The zero-order valence-corrected chi connectivity index (χ0v) is 19.0. The number of aromatic nitrogens is 4. The second-order valence-corrected chi connectivity index (χ2v) is 8.71. The van der Waals surface area contributed by atoms with Crippen LogP contribution in [0.1, 0.15) is 56.6 Å². The number of imidazole rings is 1. The van der Waals surface area contributed by atoms with Crippen molar-refractivity contribution in [1.82, 2.24) is 24.2 Å². The predicted octanol–water partition coefficient (Wildman–Crippen LogP) is 2.26. The summed E-state index contributed by atoms with van der Waals surface area (Å²) in [6.07, 6.45) is 8.69. The minimum absolute atomic E-state index is 0.0146. The first-order chi connectivity index (χ1) is 16.4. The number of carboxylic acids is 1. The first-order valence-corrected chi connectivity index (χ1v) is 11.7. The lowest BCUT2D eigenvalue weighted by atomic mass is 10.1. The molecule has 34 heavy (non-hydrogen) atoms. The normalized spacial score (nSPS) is 16.2. The average Bonchev–Trinajstić information content (AvgIpc) is 3.35. The zero-order chi connectivity index (χ0) is 24.1. The van der Waals surface area contributed by atoms with E-state index in [0.29, 0.717) is 24.0 Å². The van der Waals surface area contributed by atoms with Crippen LogP contribution in [0.5, 0.6) is 0 Å². The van der Waals surface area contributed by atoms with Crippen molar-refractivity contribution in [3.63, 3.8) is 0 Å². The fourth-order valence-electron chi connectivity index (χ4n) is 4.55. The minimum atomic E-state index is -0.862. The van der Waals surface area contributed by atoms with Gasteiger partial charge in [0, 0.05) is 31.3 Å². The Morgan fingerprint density at radius 1 is 1.03 bits per heavy atom. The molecule has 180 valence electrons. The van der Waals surface area contributed by atoms with Gasteiger partial charge >= 0.3 is 11.7 Å². The van der Waals surface area contributed by atoms with E-state index in [-0.39, 0.29) is 24.4 Å². The van der Waals surface area contributed by atoms with Gasteiger partial charge in [-0.2, -0.15) is 5.10 Å². The number of aryl methyl sites for hydroxylation is 2. The SMILES string of the molecule is O=C(O)Cc1cnn(CCCCCCCn2c(=O)n(C3CCC(=O)NC3=O)c3ccccc32)c1. The second-order valence-electron chi connectivity index (χ2n) is 8.71. The van der Waals surface area contributed by atoms with E-state index in [2.05, 4.69) is 10.4 Å². The maximum atomic E-state index is 13.2. The number of benzene rings is 1. The number of nitrogens with zero attached hydrogens (tertiary/aromatic N) is 4. The van der Waals surface area contributed by atoms with Crippen LogP contribution < -0.4 is 11.0 Å². The molecule has 2 aromatic heterocycles. The van der Waals surface area contributed by atoms with Crippen molar-refractivity contribution in [3.05, 3.63) is 52.7 Å². The van der Waals surface area contributed by atoms with Crippen molar-refractivity contribution in [2.45, 2.75) is 70.5 Å². The summed E-state index contributed by atoms with van der Waals surface area (Å²) in [5, 5.41) is 15.4. The maximum Gasteiger partial charge on any atom is 0.329 e. The Balaban J connectivity index is 1.30. The van der Waals surface area contributed by atoms with Crippen LogP contribution in [0, 0.1) is 0 Å². The number of carbonyl (C=O) groups excluding carboxylic acids is 2. The number of carbonyl (C=O) groups is 3. The Bertz CT molecular complexity index is 1250. The van der Waals surface area contributed by atoms with Crippen LogP contribution in [-0.2, 0) is 33.9 Å². The number of carboxylic acid groups (broad SMARTS) is 1. The van der Waals surface area contributed by atoms with E-state index in [9.17, 15) is 19.2 Å². The average molecular weight is 468 g/mol. The fourth-order valence-corrected chi connectivity index (χ4v) is 4.55. The highest BCUT2D eigenvalue weighted by Crippen LogP contribution is 2.23. The van der Waals surface area contributed by atoms with Gasteiger partial charge in [-0.3, -0.25) is 33.5 Å². The van der Waals surface area contributed by atoms with E-state index in [1.165, 1.54) is 4.57 Å². The van der Waals surface area contributed by atoms with Crippen molar-refractivity contribution in [3.8, 4) is 0 Å². The molecule has 4 rings (SSSR count). The molecule has 1 atom stereocenters. The van der Waals surface area contributed by atoms with E-state index >= 15 is 0 Å². The highest BCUT2D eigenvalue weighted by molar-refractivity contribution is 6.00. The molecule has 1 aliphatic rings. The number of imide groups is 1. The summed E-state index contributed by atoms with van der Waals surface area (Å²) in [4.78, 5) is 47.9. The molecule has 1 aliphatic heterocycles. The molecule has 0 bridgehead atoms. The lowest BCUT2D eigenvalue weighted by Gasteiger charge is -2.21. The van der Waals surface area contributed by atoms with Crippen molar-refractivity contribution in [2.24, 2.45) is 0 Å². The van der Waals surface area contributed by atoms with Crippen molar-refractivity contribution < 1.29 is 19.5 Å². The molecule has 1 unspecified atom stereocenters. The summed E-state index contributed by atoms with van der Waals surface area (Å²) in [5.41, 5.74) is 2.00. The van der Waals surface area contributed by atoms with Crippen LogP contribution in [0.15, 0.2) is 41.5 Å². The van der Waals surface area contributed by atoms with Crippen LogP contribution in [0.2, 0.25) is 0 Å². The fraction of sp³-hybridized carbons (Fsp3) is 0.458. The first-order valence-electron chi connectivity index (χ1n) is 11.7. The molecule has 2 amide bonds. The highest BCUT2D eigenvalue weighted by atomic mass is 16.4. The van der Waals surface area contributed by atoms with Gasteiger partial charge in [0.1, 0.15) is 6.04 Å². The van der Waals surface area contributed by atoms with Crippen LogP contribution in [-0.4, -0.2) is 41.8 Å². The van der Waals surface area contributed by atoms with E-state index in [4.69, 9.17) is 5.11 Å². The van der Waals surface area contributed by atoms with E-state index < -0.39 is 17.9 Å². The molecule has 10 heteroatoms. The molecular formula is C24H29N5O5. The van der Waals surface area contributed by atoms with Gasteiger partial charge in [-0.15, -0.1) is 0 Å². The third-order valence-corrected chi connectivity index (χ3v) is 6.20. The van der Waals surface area contributed by atoms with Gasteiger partial charge in [0.15, 0.2) is 0 Å². The van der Waals surface area contributed by atoms with Crippen molar-refractivity contribution in [1.29, 1.82) is 0 Å². The number of aliphatic carboxylic acids is 1. The number of piperidine rings is 1. The Hall–Kier alpha value is -3.69. The molecule has 3 heterocycles. The molecule has 1 fully saturated rings. The van der Waals surface area contributed by atoms with Gasteiger partial charge in [-0.05, 0) is 31.4 Å². The lowest BCUT2D eigenvalue weighted by Crippen LogP contribution is -2.44. The number of amides is 2. The summed E-state index contributed by atoms with van der Waals surface area (Å²) in [6.45, 7) is 1.32. The minimum Gasteiger partial charge on any atom is -0.481 e. The zero-order valence-electron chi connectivity index (χ0n) is 19.0. The van der Waals surface area contributed by atoms with Crippen LogP contribution >= 0.6 is 0 Å². The maximum absolute atomic E-state index is 13.2. The summed E-state index contributed by atoms with van der Waals surface area (Å²) < 4.78 is 5.04. The molecule has 0 saturated carbocycles. The molecule has 0 aliphatic carbocycles. The number of unbranched alkanes of at least 4 members (excludes halogenated alkanes) is 4. The van der Waals surface area contributed by atoms with Gasteiger partial charge in [0.05, 0.1) is 23.7 Å². The van der Waals surface area contributed by atoms with Gasteiger partial charge in [-0.1, -0.05) is 31.4 Å². The summed E-state index contributed by atoms with van der Waals surface area (Å²) in [7, 11) is 0. The number of nitrogens with one attached hydrogen (secondary N) is 1. The molecule has 2 N–H and O–H groups in total. The summed E-state index contributed by atoms with van der Waals surface area (Å²) in [6, 6.07) is 6.79. The molecule has 3 aromatic rings. The van der Waals surface area contributed by atoms with Gasteiger partial charge in [-0.25, -0.2) is 4.79 Å². The summed E-state index contributed by atoms with van der Waals surface area (Å²) >= 11 is 0. The molecule has 0 spiro atoms. The number of hydrogen-bond donors (Lipinski definition) is 2. The Kier molecular flexibility index (Phi) is 7.24. The topological polar surface area (TPSA) is 128 Å². The van der Waals surface area contributed by atoms with E-state index in [1.54, 1.807) is 21.6 Å². The Labute approximate surface area is 196 Å². The van der Waals surface area contributed by atoms with Gasteiger partial charge in [0.25, 0.3) is 0 Å². The third-order valence-electron chi connectivity index (χ3n) is 6.20. The van der Waals surface area contributed by atoms with Crippen LogP contribution in [0.25, 0.3) is 11.0 Å². The predicted molar refractivity (Wildman–Crippen MR) is 124 cm³/mol. The Morgan fingerprint density at radius 3 is 2.47 bits per heavy atom. The number of hydrogen-bond acceptors (Lipinski definition) is 5. The van der Waals surface area contributed by atoms with Gasteiger partial charge < -0.3 is 5.11 Å². The third kappa shape index (κ3) is 5.27. The molecular weight excluding hydrogens is 438 g/mol. The monoisotopic (exact) mass is 467 g/mol. The van der Waals surface area contributed by atoms with Crippen LogP contribution in [0.3, 0.4) is 0 Å². The molecule has 10 nitrogen and oxygen atoms in total. The molecule has 1 saturated heterocycles. The molecule has 1 aromatic carbocycles. The molecule has 0 radical (unpaired) electrons. The Morgan fingerprint density at radius 2 is 1.74 bits per heavy atom. The number of rotatable bonds is 11. The number of fused-ring (bicyclic) bond motifs is 1.